The molecular formula is C23H16N2O3. The Bertz CT molecular complexity index is 1270. The first-order valence-electron chi connectivity index (χ1n) is 8.74. The van der Waals surface area contributed by atoms with E-state index in [1.807, 2.05) is 48.5 Å². The van der Waals surface area contributed by atoms with Crippen molar-refractivity contribution in [2.24, 2.45) is 0 Å². The highest BCUT2D eigenvalue weighted by Crippen LogP contribution is 2.12. The van der Waals surface area contributed by atoms with Crippen LogP contribution in [0.25, 0.3) is 34.0 Å². The van der Waals surface area contributed by atoms with E-state index in [0.717, 1.165) is 21.8 Å². The zero-order valence-electron chi connectivity index (χ0n) is 14.8. The van der Waals surface area contributed by atoms with Crippen LogP contribution in [-0.2, 0) is 4.79 Å². The zero-order chi connectivity index (χ0) is 19.5. The SMILES string of the molecule is O=C(/C=C/c1cc2ccccc2[nH]c1=O)/C=C/c1cc2ccccc2[nH]c1=O. The molecule has 0 unspecified atom stereocenters. The minimum atomic E-state index is -0.319. The third-order valence-electron chi connectivity index (χ3n) is 4.42. The van der Waals surface area contributed by atoms with Crippen LogP contribution in [0, 0.1) is 0 Å². The van der Waals surface area contributed by atoms with E-state index in [0.29, 0.717) is 11.1 Å². The topological polar surface area (TPSA) is 82.8 Å². The number of carbonyl (C=O) groups is 1. The number of allylic oxidation sites excluding steroid dienone is 2. The zero-order valence-corrected chi connectivity index (χ0v) is 14.8. The lowest BCUT2D eigenvalue weighted by Gasteiger charge is -1.99. The number of H-pyrrole nitrogens is 2. The summed E-state index contributed by atoms with van der Waals surface area (Å²) in [7, 11) is 0. The number of hydrogen-bond acceptors (Lipinski definition) is 3. The molecule has 0 amide bonds. The Morgan fingerprint density at radius 2 is 1.11 bits per heavy atom. The van der Waals surface area contributed by atoms with Crippen LogP contribution in [0.3, 0.4) is 0 Å². The molecule has 4 rings (SSSR count). The van der Waals surface area contributed by atoms with Gasteiger partial charge in [0.25, 0.3) is 11.1 Å². The third-order valence-corrected chi connectivity index (χ3v) is 4.42. The number of ketones is 1. The van der Waals surface area contributed by atoms with Gasteiger partial charge in [-0.05, 0) is 59.3 Å². The molecular weight excluding hydrogens is 352 g/mol. The van der Waals surface area contributed by atoms with Gasteiger partial charge in [0.15, 0.2) is 5.78 Å². The van der Waals surface area contributed by atoms with E-state index in [9.17, 15) is 14.4 Å². The smallest absolute Gasteiger partial charge is 0.255 e. The quantitative estimate of drug-likeness (QED) is 0.539. The first-order chi connectivity index (χ1) is 13.6. The molecule has 0 saturated heterocycles. The molecule has 5 nitrogen and oxygen atoms in total. The fraction of sp³-hybridized carbons (Fsp3) is 0. The van der Waals surface area contributed by atoms with Crippen LogP contribution in [0.1, 0.15) is 11.1 Å². The molecule has 136 valence electrons. The van der Waals surface area contributed by atoms with Crippen LogP contribution in [0.2, 0.25) is 0 Å². The van der Waals surface area contributed by atoms with Crippen molar-refractivity contribution in [2.75, 3.05) is 0 Å². The lowest BCUT2D eigenvalue weighted by molar-refractivity contribution is -0.110. The highest BCUT2D eigenvalue weighted by molar-refractivity contribution is 6.04. The lowest BCUT2D eigenvalue weighted by Crippen LogP contribution is -2.09. The molecule has 0 aliphatic carbocycles. The van der Waals surface area contributed by atoms with Crippen molar-refractivity contribution >= 4 is 39.7 Å². The van der Waals surface area contributed by atoms with E-state index in [1.165, 1.54) is 24.3 Å². The molecule has 0 saturated carbocycles. The van der Waals surface area contributed by atoms with E-state index in [2.05, 4.69) is 9.97 Å². The Morgan fingerprint density at radius 1 is 0.679 bits per heavy atom. The Labute approximate surface area is 159 Å². The van der Waals surface area contributed by atoms with Crippen LogP contribution in [0.4, 0.5) is 0 Å². The van der Waals surface area contributed by atoms with Crippen LogP contribution >= 0.6 is 0 Å². The van der Waals surface area contributed by atoms with Gasteiger partial charge in [0.2, 0.25) is 0 Å². The number of aromatic amines is 2. The largest absolute Gasteiger partial charge is 0.321 e. The molecule has 0 atom stereocenters. The molecule has 28 heavy (non-hydrogen) atoms. The van der Waals surface area contributed by atoms with Crippen LogP contribution < -0.4 is 11.1 Å². The number of pyridine rings is 2. The van der Waals surface area contributed by atoms with Crippen molar-refractivity contribution < 1.29 is 4.79 Å². The van der Waals surface area contributed by atoms with Gasteiger partial charge >= 0.3 is 0 Å². The van der Waals surface area contributed by atoms with Crippen molar-refractivity contribution in [3.8, 4) is 0 Å². The van der Waals surface area contributed by atoms with Crippen LogP contribution in [0.5, 0.6) is 0 Å². The van der Waals surface area contributed by atoms with E-state index in [-0.39, 0.29) is 16.9 Å². The summed E-state index contributed by atoms with van der Waals surface area (Å²) in [5.74, 6) is -0.319. The van der Waals surface area contributed by atoms with E-state index in [1.54, 1.807) is 12.1 Å². The second kappa shape index (κ2) is 7.32. The molecule has 0 aliphatic rings. The van der Waals surface area contributed by atoms with Crippen LogP contribution in [0.15, 0.2) is 82.4 Å². The minimum Gasteiger partial charge on any atom is -0.321 e. The summed E-state index contributed by atoms with van der Waals surface area (Å²) in [6.07, 6.45) is 5.57. The maximum Gasteiger partial charge on any atom is 0.255 e. The summed E-state index contributed by atoms with van der Waals surface area (Å²) in [4.78, 5) is 41.9. The highest BCUT2D eigenvalue weighted by atomic mass is 16.1. The van der Waals surface area contributed by atoms with Gasteiger partial charge in [-0.1, -0.05) is 36.4 Å². The molecule has 2 heterocycles. The summed E-state index contributed by atoms with van der Waals surface area (Å²) in [5, 5.41) is 1.76. The van der Waals surface area contributed by atoms with Gasteiger partial charge in [0.05, 0.1) is 0 Å². The van der Waals surface area contributed by atoms with Crippen molar-refractivity contribution in [1.82, 2.24) is 9.97 Å². The van der Waals surface area contributed by atoms with Crippen molar-refractivity contribution in [3.05, 3.63) is 105 Å². The van der Waals surface area contributed by atoms with Crippen LogP contribution in [-0.4, -0.2) is 15.8 Å². The average Bonchev–Trinajstić information content (AvgIpc) is 2.70. The monoisotopic (exact) mass is 368 g/mol. The molecule has 0 aliphatic heterocycles. The predicted molar refractivity (Wildman–Crippen MR) is 112 cm³/mol. The number of para-hydroxylation sites is 2. The maximum absolute atomic E-state index is 12.1. The number of benzene rings is 2. The van der Waals surface area contributed by atoms with Gasteiger partial charge in [-0.15, -0.1) is 0 Å². The van der Waals surface area contributed by atoms with Crippen molar-refractivity contribution in [2.45, 2.75) is 0 Å². The van der Waals surface area contributed by atoms with Gasteiger partial charge in [-0.3, -0.25) is 14.4 Å². The third kappa shape index (κ3) is 3.59. The predicted octanol–water partition coefficient (Wildman–Crippen LogP) is 3.67. The molecule has 2 aromatic heterocycles. The minimum absolute atomic E-state index is 0.266. The highest BCUT2D eigenvalue weighted by Gasteiger charge is 2.02. The summed E-state index contributed by atoms with van der Waals surface area (Å²) >= 11 is 0. The number of fused-ring (bicyclic) bond motifs is 2. The molecule has 0 radical (unpaired) electrons. The Kier molecular flexibility index (Phi) is 4.56. The fourth-order valence-corrected chi connectivity index (χ4v) is 2.98. The number of aromatic nitrogens is 2. The molecule has 5 heteroatoms. The van der Waals surface area contributed by atoms with Gasteiger partial charge in [-0.25, -0.2) is 0 Å². The molecule has 0 fully saturated rings. The Balaban J connectivity index is 1.58. The molecule has 2 N–H and O–H groups in total. The number of hydrogen-bond donors (Lipinski definition) is 2. The number of rotatable bonds is 4. The summed E-state index contributed by atoms with van der Waals surface area (Å²) in [6.45, 7) is 0. The van der Waals surface area contributed by atoms with E-state index >= 15 is 0 Å². The van der Waals surface area contributed by atoms with Crippen molar-refractivity contribution in [1.29, 1.82) is 0 Å². The second-order valence-electron chi connectivity index (χ2n) is 6.35. The number of nitrogens with one attached hydrogen (secondary N) is 2. The maximum atomic E-state index is 12.1. The summed E-state index contributed by atoms with van der Waals surface area (Å²) in [6, 6.07) is 18.3. The average molecular weight is 368 g/mol. The van der Waals surface area contributed by atoms with E-state index < -0.39 is 0 Å². The fourth-order valence-electron chi connectivity index (χ4n) is 2.98. The van der Waals surface area contributed by atoms with Gasteiger partial charge in [-0.2, -0.15) is 0 Å². The first kappa shape index (κ1) is 17.4. The van der Waals surface area contributed by atoms with Crippen molar-refractivity contribution in [3.63, 3.8) is 0 Å². The summed E-state index contributed by atoms with van der Waals surface area (Å²) in [5.41, 5.74) is 1.74. The lowest BCUT2D eigenvalue weighted by atomic mass is 10.1. The molecule has 2 aromatic carbocycles. The van der Waals surface area contributed by atoms with Gasteiger partial charge < -0.3 is 9.97 Å². The Hall–Kier alpha value is -3.99. The van der Waals surface area contributed by atoms with Gasteiger partial charge in [0, 0.05) is 22.2 Å². The molecule has 0 bridgehead atoms. The number of carbonyl (C=O) groups excluding carboxylic acids is 1. The second-order valence-corrected chi connectivity index (χ2v) is 6.35. The normalized spacial score (nSPS) is 11.7. The molecule has 4 aromatic rings. The Morgan fingerprint density at radius 3 is 1.57 bits per heavy atom. The molecule has 0 spiro atoms. The van der Waals surface area contributed by atoms with Gasteiger partial charge in [0.1, 0.15) is 0 Å². The van der Waals surface area contributed by atoms with E-state index in [4.69, 9.17) is 0 Å². The summed E-state index contributed by atoms with van der Waals surface area (Å²) < 4.78 is 0. The standard InChI is InChI=1S/C23H16N2O3/c26-19(11-9-17-13-15-5-1-3-7-20(15)24-22(17)27)12-10-18-14-16-6-2-4-8-21(16)25-23(18)28/h1-14H,(H,24,27)(H,25,28)/b11-9+,12-10+. The first-order valence-corrected chi connectivity index (χ1v) is 8.74.